The number of methoxy groups -OCH3 is 1. The van der Waals surface area contributed by atoms with E-state index in [9.17, 15) is 9.59 Å². The maximum atomic E-state index is 13.0. The van der Waals surface area contributed by atoms with Crippen LogP contribution < -0.4 is 20.1 Å². The van der Waals surface area contributed by atoms with E-state index in [1.54, 1.807) is 36.4 Å². The maximum Gasteiger partial charge on any atom is 0.255 e. The van der Waals surface area contributed by atoms with Gasteiger partial charge in [0.1, 0.15) is 6.61 Å². The van der Waals surface area contributed by atoms with E-state index in [0.717, 1.165) is 18.4 Å². The van der Waals surface area contributed by atoms with Gasteiger partial charge in [0.05, 0.1) is 22.8 Å². The molecule has 0 heterocycles. The Kier molecular flexibility index (Phi) is 6.75. The van der Waals surface area contributed by atoms with E-state index < -0.39 is 0 Å². The lowest BCUT2D eigenvalue weighted by molar-refractivity contribution is 0.0952. The second-order valence-electron chi connectivity index (χ2n) is 7.51. The SMILES string of the molecule is COc1cc(C(=O)Nc2ccccc2C(=O)NC2CC2)cc(Br)c1OCc1ccccc1. The molecule has 3 aromatic carbocycles. The van der Waals surface area contributed by atoms with Crippen LogP contribution in [0.15, 0.2) is 71.2 Å². The molecule has 3 aromatic rings. The number of rotatable bonds is 8. The molecule has 32 heavy (non-hydrogen) atoms. The van der Waals surface area contributed by atoms with Crippen LogP contribution in [0.3, 0.4) is 0 Å². The number of carbonyl (C=O) groups excluding carboxylic acids is 2. The number of ether oxygens (including phenoxy) is 2. The molecular weight excluding hydrogens is 472 g/mol. The summed E-state index contributed by atoms with van der Waals surface area (Å²) in [5.41, 5.74) is 2.28. The molecule has 0 unspecified atom stereocenters. The minimum Gasteiger partial charge on any atom is -0.493 e. The van der Waals surface area contributed by atoms with Gasteiger partial charge in [0.15, 0.2) is 11.5 Å². The number of nitrogens with one attached hydrogen (secondary N) is 2. The minimum atomic E-state index is -0.356. The quantitative estimate of drug-likeness (QED) is 0.452. The normalized spacial score (nSPS) is 12.7. The Labute approximate surface area is 195 Å². The van der Waals surface area contributed by atoms with E-state index in [-0.39, 0.29) is 17.9 Å². The largest absolute Gasteiger partial charge is 0.493 e. The molecule has 0 aromatic heterocycles. The number of para-hydroxylation sites is 1. The summed E-state index contributed by atoms with van der Waals surface area (Å²) in [6, 6.07) is 20.3. The van der Waals surface area contributed by atoms with Crippen LogP contribution in [0.25, 0.3) is 0 Å². The Morgan fingerprint density at radius 2 is 1.72 bits per heavy atom. The van der Waals surface area contributed by atoms with Crippen molar-refractivity contribution in [2.75, 3.05) is 12.4 Å². The van der Waals surface area contributed by atoms with E-state index >= 15 is 0 Å². The van der Waals surface area contributed by atoms with Crippen LogP contribution in [0, 0.1) is 0 Å². The van der Waals surface area contributed by atoms with Gasteiger partial charge in [-0.3, -0.25) is 9.59 Å². The van der Waals surface area contributed by atoms with Gasteiger partial charge in [-0.25, -0.2) is 0 Å². The lowest BCUT2D eigenvalue weighted by atomic mass is 10.1. The summed E-state index contributed by atoms with van der Waals surface area (Å²) in [7, 11) is 1.52. The summed E-state index contributed by atoms with van der Waals surface area (Å²) in [4.78, 5) is 25.5. The topological polar surface area (TPSA) is 76.7 Å². The molecule has 164 valence electrons. The van der Waals surface area contributed by atoms with E-state index in [0.29, 0.717) is 39.4 Å². The van der Waals surface area contributed by atoms with Gasteiger partial charge in [-0.2, -0.15) is 0 Å². The van der Waals surface area contributed by atoms with Gasteiger partial charge in [-0.05, 0) is 58.6 Å². The fraction of sp³-hybridized carbons (Fsp3) is 0.200. The standard InChI is InChI=1S/C25H23BrN2O4/c1-31-22-14-17(13-20(26)23(22)32-15-16-7-3-2-4-8-16)24(29)28-21-10-6-5-9-19(21)25(30)27-18-11-12-18/h2-10,13-14,18H,11-12,15H2,1H3,(H,27,30)(H,28,29). The molecular formula is C25H23BrN2O4. The summed E-state index contributed by atoms with van der Waals surface area (Å²) in [5, 5.41) is 5.79. The summed E-state index contributed by atoms with van der Waals surface area (Å²) in [6.45, 7) is 0.366. The molecule has 2 amide bonds. The highest BCUT2D eigenvalue weighted by atomic mass is 79.9. The van der Waals surface area contributed by atoms with E-state index in [1.165, 1.54) is 7.11 Å². The van der Waals surface area contributed by atoms with Gasteiger partial charge in [0, 0.05) is 11.6 Å². The van der Waals surface area contributed by atoms with E-state index in [1.807, 2.05) is 30.3 Å². The highest BCUT2D eigenvalue weighted by Crippen LogP contribution is 2.37. The van der Waals surface area contributed by atoms with Crippen LogP contribution in [0.4, 0.5) is 5.69 Å². The van der Waals surface area contributed by atoms with Crippen LogP contribution in [-0.4, -0.2) is 25.0 Å². The van der Waals surface area contributed by atoms with Gasteiger partial charge in [-0.1, -0.05) is 42.5 Å². The summed E-state index contributed by atoms with van der Waals surface area (Å²) < 4.78 is 12.0. The number of hydrogen-bond donors (Lipinski definition) is 2. The monoisotopic (exact) mass is 494 g/mol. The smallest absolute Gasteiger partial charge is 0.255 e. The Bertz CT molecular complexity index is 1130. The van der Waals surface area contributed by atoms with E-state index in [2.05, 4.69) is 26.6 Å². The number of hydrogen-bond acceptors (Lipinski definition) is 4. The van der Waals surface area contributed by atoms with Crippen molar-refractivity contribution in [3.63, 3.8) is 0 Å². The zero-order valence-corrected chi connectivity index (χ0v) is 19.1. The minimum absolute atomic E-state index is 0.188. The number of anilines is 1. The predicted molar refractivity (Wildman–Crippen MR) is 126 cm³/mol. The molecule has 0 atom stereocenters. The fourth-order valence-electron chi connectivity index (χ4n) is 3.20. The Balaban J connectivity index is 1.52. The van der Waals surface area contributed by atoms with Crippen LogP contribution in [0.5, 0.6) is 11.5 Å². The Morgan fingerprint density at radius 3 is 2.44 bits per heavy atom. The average Bonchev–Trinajstić information content (AvgIpc) is 3.62. The van der Waals surface area contributed by atoms with Crippen molar-refractivity contribution in [3.05, 3.63) is 87.9 Å². The fourth-order valence-corrected chi connectivity index (χ4v) is 3.75. The third-order valence-corrected chi connectivity index (χ3v) is 5.64. The van der Waals surface area contributed by atoms with Crippen molar-refractivity contribution in [2.24, 2.45) is 0 Å². The Morgan fingerprint density at radius 1 is 1.00 bits per heavy atom. The number of carbonyl (C=O) groups is 2. The third kappa shape index (κ3) is 5.29. The van der Waals surface area contributed by atoms with Crippen molar-refractivity contribution < 1.29 is 19.1 Å². The highest BCUT2D eigenvalue weighted by molar-refractivity contribution is 9.10. The summed E-state index contributed by atoms with van der Waals surface area (Å²) >= 11 is 3.49. The molecule has 1 fully saturated rings. The first kappa shape index (κ1) is 21.9. The number of benzene rings is 3. The van der Waals surface area contributed by atoms with Gasteiger partial charge in [0.25, 0.3) is 11.8 Å². The first-order valence-corrected chi connectivity index (χ1v) is 11.1. The number of amides is 2. The van der Waals surface area contributed by atoms with Gasteiger partial charge in [0.2, 0.25) is 0 Å². The van der Waals surface area contributed by atoms with Crippen LogP contribution in [0.2, 0.25) is 0 Å². The van der Waals surface area contributed by atoms with Crippen molar-refractivity contribution in [3.8, 4) is 11.5 Å². The molecule has 0 radical (unpaired) electrons. The van der Waals surface area contributed by atoms with Gasteiger partial charge in [-0.15, -0.1) is 0 Å². The van der Waals surface area contributed by atoms with Gasteiger partial charge < -0.3 is 20.1 Å². The second kappa shape index (κ2) is 9.87. The third-order valence-electron chi connectivity index (χ3n) is 5.05. The van der Waals surface area contributed by atoms with Crippen molar-refractivity contribution >= 4 is 33.4 Å². The summed E-state index contributed by atoms with van der Waals surface area (Å²) in [5.74, 6) is 0.398. The first-order valence-electron chi connectivity index (χ1n) is 10.3. The van der Waals surface area contributed by atoms with Crippen molar-refractivity contribution in [1.82, 2.24) is 5.32 Å². The van der Waals surface area contributed by atoms with Gasteiger partial charge >= 0.3 is 0 Å². The zero-order chi connectivity index (χ0) is 22.5. The maximum absolute atomic E-state index is 13.0. The van der Waals surface area contributed by atoms with E-state index in [4.69, 9.17) is 9.47 Å². The van der Waals surface area contributed by atoms with Crippen LogP contribution in [-0.2, 0) is 6.61 Å². The number of halogens is 1. The molecule has 4 rings (SSSR count). The summed E-state index contributed by atoms with van der Waals surface area (Å²) in [6.07, 6.45) is 1.99. The predicted octanol–water partition coefficient (Wildman–Crippen LogP) is 5.18. The van der Waals surface area contributed by atoms with Crippen LogP contribution >= 0.6 is 15.9 Å². The second-order valence-corrected chi connectivity index (χ2v) is 8.37. The molecule has 1 aliphatic carbocycles. The zero-order valence-electron chi connectivity index (χ0n) is 17.6. The molecule has 6 nitrogen and oxygen atoms in total. The molecule has 0 bridgehead atoms. The highest BCUT2D eigenvalue weighted by Gasteiger charge is 2.25. The van der Waals surface area contributed by atoms with Crippen molar-refractivity contribution in [1.29, 1.82) is 0 Å². The Hall–Kier alpha value is -3.32. The molecule has 0 aliphatic heterocycles. The van der Waals surface area contributed by atoms with Crippen LogP contribution in [0.1, 0.15) is 39.1 Å². The first-order chi connectivity index (χ1) is 15.5. The molecule has 1 aliphatic rings. The van der Waals surface area contributed by atoms with Crippen molar-refractivity contribution in [2.45, 2.75) is 25.5 Å². The molecule has 2 N–H and O–H groups in total. The molecule has 7 heteroatoms. The average molecular weight is 495 g/mol. The lowest BCUT2D eigenvalue weighted by Gasteiger charge is -2.15. The molecule has 0 spiro atoms. The molecule has 1 saturated carbocycles. The lowest BCUT2D eigenvalue weighted by Crippen LogP contribution is -2.27. The molecule has 0 saturated heterocycles.